The minimum atomic E-state index is -0.121. The van der Waals surface area contributed by atoms with E-state index in [-0.39, 0.29) is 5.91 Å². The first-order chi connectivity index (χ1) is 11.1. The Balaban J connectivity index is 1.91. The lowest BCUT2D eigenvalue weighted by Crippen LogP contribution is -2.20. The van der Waals surface area contributed by atoms with Gasteiger partial charge in [0, 0.05) is 18.2 Å². The molecule has 3 heteroatoms. The Kier molecular flexibility index (Phi) is 5.98. The first kappa shape index (κ1) is 16.8. The van der Waals surface area contributed by atoms with Gasteiger partial charge < -0.3 is 10.1 Å². The molecule has 0 bridgehead atoms. The summed E-state index contributed by atoms with van der Waals surface area (Å²) in [5, 5.41) is 2.87. The highest BCUT2D eigenvalue weighted by Gasteiger charge is 2.03. The van der Waals surface area contributed by atoms with Crippen molar-refractivity contribution < 1.29 is 9.53 Å². The molecule has 0 radical (unpaired) electrons. The fourth-order valence-electron chi connectivity index (χ4n) is 2.25. The van der Waals surface area contributed by atoms with Gasteiger partial charge in [0.05, 0.1) is 7.11 Å². The largest absolute Gasteiger partial charge is 0.496 e. The Morgan fingerprint density at radius 1 is 1.13 bits per heavy atom. The van der Waals surface area contributed by atoms with E-state index in [4.69, 9.17) is 4.74 Å². The van der Waals surface area contributed by atoms with Gasteiger partial charge in [-0.25, -0.2) is 0 Å². The van der Waals surface area contributed by atoms with E-state index in [9.17, 15) is 4.79 Å². The van der Waals surface area contributed by atoms with Gasteiger partial charge >= 0.3 is 0 Å². The highest BCUT2D eigenvalue weighted by atomic mass is 16.5. The first-order valence-electron chi connectivity index (χ1n) is 7.78. The predicted octanol–water partition coefficient (Wildman–Crippen LogP) is 4.15. The van der Waals surface area contributed by atoms with E-state index >= 15 is 0 Å². The summed E-state index contributed by atoms with van der Waals surface area (Å²) in [4.78, 5) is 11.9. The minimum Gasteiger partial charge on any atom is -0.496 e. The Morgan fingerprint density at radius 2 is 1.83 bits per heavy atom. The number of benzene rings is 2. The molecule has 1 N–H and O–H groups in total. The van der Waals surface area contributed by atoms with E-state index in [1.165, 1.54) is 5.56 Å². The van der Waals surface area contributed by atoms with Crippen LogP contribution in [0.15, 0.2) is 54.6 Å². The monoisotopic (exact) mass is 309 g/mol. The number of hydrogen-bond acceptors (Lipinski definition) is 2. The second-order valence-electron chi connectivity index (χ2n) is 5.68. The number of carbonyl (C=O) groups excluding carboxylic acids is 1. The number of ether oxygens (including phenoxy) is 1. The number of hydrogen-bond donors (Lipinski definition) is 1. The molecule has 0 unspecified atom stereocenters. The molecule has 23 heavy (non-hydrogen) atoms. The van der Waals surface area contributed by atoms with Crippen LogP contribution in [0.1, 0.15) is 36.5 Å². The molecule has 0 aliphatic heterocycles. The standard InChI is InChI=1S/C20H23NO2/c1-15(2)17-11-8-16(9-12-17)10-13-20(22)21-14-18-6-4-5-7-19(18)23-3/h4-13,15H,14H2,1-3H3,(H,21,22)/b13-10+. The van der Waals surface area contributed by atoms with E-state index in [1.807, 2.05) is 42.5 Å². The van der Waals surface area contributed by atoms with Crippen molar-refractivity contribution in [2.24, 2.45) is 0 Å². The smallest absolute Gasteiger partial charge is 0.244 e. The van der Waals surface area contributed by atoms with Crippen molar-refractivity contribution in [1.29, 1.82) is 0 Å². The van der Waals surface area contributed by atoms with Crippen molar-refractivity contribution in [3.8, 4) is 5.75 Å². The van der Waals surface area contributed by atoms with E-state index in [0.29, 0.717) is 12.5 Å². The molecule has 0 atom stereocenters. The maximum absolute atomic E-state index is 11.9. The zero-order valence-corrected chi connectivity index (χ0v) is 13.9. The zero-order chi connectivity index (χ0) is 16.7. The summed E-state index contributed by atoms with van der Waals surface area (Å²) in [5.74, 6) is 1.17. The molecule has 0 aliphatic rings. The normalized spacial score (nSPS) is 11.0. The molecule has 0 aliphatic carbocycles. The fourth-order valence-corrected chi connectivity index (χ4v) is 2.25. The molecule has 0 spiro atoms. The van der Waals surface area contributed by atoms with Gasteiger partial charge in [-0.3, -0.25) is 4.79 Å². The first-order valence-corrected chi connectivity index (χ1v) is 7.78. The van der Waals surface area contributed by atoms with Crippen molar-refractivity contribution in [2.75, 3.05) is 7.11 Å². The van der Waals surface area contributed by atoms with Gasteiger partial charge in [-0.05, 0) is 29.2 Å². The molecule has 0 saturated carbocycles. The summed E-state index contributed by atoms with van der Waals surface area (Å²) < 4.78 is 5.27. The molecule has 0 heterocycles. The van der Waals surface area contributed by atoms with Crippen molar-refractivity contribution in [3.05, 3.63) is 71.3 Å². The Hall–Kier alpha value is -2.55. The van der Waals surface area contributed by atoms with Gasteiger partial charge in [0.2, 0.25) is 5.91 Å². The van der Waals surface area contributed by atoms with Crippen LogP contribution in [-0.4, -0.2) is 13.0 Å². The van der Waals surface area contributed by atoms with Crippen LogP contribution in [-0.2, 0) is 11.3 Å². The molecule has 0 saturated heterocycles. The molecular formula is C20H23NO2. The number of rotatable bonds is 6. The molecule has 0 fully saturated rings. The summed E-state index contributed by atoms with van der Waals surface area (Å²) >= 11 is 0. The summed E-state index contributed by atoms with van der Waals surface area (Å²) in [6.07, 6.45) is 3.38. The molecule has 1 amide bonds. The van der Waals surface area contributed by atoms with Gasteiger partial charge in [0.15, 0.2) is 0 Å². The zero-order valence-electron chi connectivity index (χ0n) is 13.9. The number of nitrogens with one attached hydrogen (secondary N) is 1. The summed E-state index contributed by atoms with van der Waals surface area (Å²) in [6, 6.07) is 15.9. The SMILES string of the molecule is COc1ccccc1CNC(=O)/C=C/c1ccc(C(C)C)cc1. The van der Waals surface area contributed by atoms with Gasteiger partial charge in [0.25, 0.3) is 0 Å². The number of amides is 1. The van der Waals surface area contributed by atoms with Crippen LogP contribution >= 0.6 is 0 Å². The molecule has 2 rings (SSSR count). The van der Waals surface area contributed by atoms with Crippen LogP contribution in [0.5, 0.6) is 5.75 Å². The van der Waals surface area contributed by atoms with Crippen molar-refractivity contribution in [2.45, 2.75) is 26.3 Å². The lowest BCUT2D eigenvalue weighted by atomic mass is 10.0. The van der Waals surface area contributed by atoms with E-state index in [1.54, 1.807) is 13.2 Å². The Labute approximate surface area is 138 Å². The van der Waals surface area contributed by atoms with Crippen LogP contribution in [0.25, 0.3) is 6.08 Å². The molecule has 2 aromatic rings. The molecule has 0 aromatic heterocycles. The van der Waals surface area contributed by atoms with Crippen LogP contribution < -0.4 is 10.1 Å². The van der Waals surface area contributed by atoms with Gasteiger partial charge in [0.1, 0.15) is 5.75 Å². The van der Waals surface area contributed by atoms with E-state index in [0.717, 1.165) is 16.9 Å². The Bertz CT molecular complexity index is 672. The van der Waals surface area contributed by atoms with Gasteiger partial charge in [-0.1, -0.05) is 56.3 Å². The second-order valence-corrected chi connectivity index (χ2v) is 5.68. The summed E-state index contributed by atoms with van der Waals surface area (Å²) in [7, 11) is 1.63. The van der Waals surface area contributed by atoms with E-state index < -0.39 is 0 Å². The summed E-state index contributed by atoms with van der Waals surface area (Å²) in [6.45, 7) is 4.77. The third kappa shape index (κ3) is 4.99. The Morgan fingerprint density at radius 3 is 2.48 bits per heavy atom. The highest BCUT2D eigenvalue weighted by Crippen LogP contribution is 2.17. The van der Waals surface area contributed by atoms with E-state index in [2.05, 4.69) is 31.3 Å². The van der Waals surface area contributed by atoms with Crippen LogP contribution in [0.2, 0.25) is 0 Å². The van der Waals surface area contributed by atoms with Gasteiger partial charge in [-0.15, -0.1) is 0 Å². The fraction of sp³-hybridized carbons (Fsp3) is 0.250. The average Bonchev–Trinajstić information content (AvgIpc) is 2.58. The minimum absolute atomic E-state index is 0.121. The third-order valence-corrected chi connectivity index (χ3v) is 3.68. The third-order valence-electron chi connectivity index (χ3n) is 3.68. The lowest BCUT2D eigenvalue weighted by molar-refractivity contribution is -0.116. The van der Waals surface area contributed by atoms with Crippen LogP contribution in [0.4, 0.5) is 0 Å². The molecular weight excluding hydrogens is 286 g/mol. The second kappa shape index (κ2) is 8.18. The van der Waals surface area contributed by atoms with Crippen molar-refractivity contribution in [1.82, 2.24) is 5.32 Å². The number of carbonyl (C=O) groups is 1. The van der Waals surface area contributed by atoms with Crippen molar-refractivity contribution >= 4 is 12.0 Å². The molecule has 2 aromatic carbocycles. The lowest BCUT2D eigenvalue weighted by Gasteiger charge is -2.08. The van der Waals surface area contributed by atoms with Crippen LogP contribution in [0.3, 0.4) is 0 Å². The summed E-state index contributed by atoms with van der Waals surface area (Å²) in [5.41, 5.74) is 3.27. The quantitative estimate of drug-likeness (QED) is 0.814. The van der Waals surface area contributed by atoms with Crippen molar-refractivity contribution in [3.63, 3.8) is 0 Å². The van der Waals surface area contributed by atoms with Crippen LogP contribution in [0, 0.1) is 0 Å². The molecule has 3 nitrogen and oxygen atoms in total. The number of para-hydroxylation sites is 1. The highest BCUT2D eigenvalue weighted by molar-refractivity contribution is 5.91. The average molecular weight is 309 g/mol. The van der Waals surface area contributed by atoms with Gasteiger partial charge in [-0.2, -0.15) is 0 Å². The number of methoxy groups -OCH3 is 1. The topological polar surface area (TPSA) is 38.3 Å². The predicted molar refractivity (Wildman–Crippen MR) is 94.4 cm³/mol. The molecule has 120 valence electrons. The maximum Gasteiger partial charge on any atom is 0.244 e. The maximum atomic E-state index is 11.9.